The minimum Gasteiger partial charge on any atom is -0.468 e. The van der Waals surface area contributed by atoms with Crippen molar-refractivity contribution in [3.63, 3.8) is 0 Å². The van der Waals surface area contributed by atoms with Gasteiger partial charge in [-0.1, -0.05) is 57.8 Å². The lowest BCUT2D eigenvalue weighted by Crippen LogP contribution is -2.03. The van der Waals surface area contributed by atoms with Crippen LogP contribution in [0.2, 0.25) is 0 Å². The summed E-state index contributed by atoms with van der Waals surface area (Å²) in [6.45, 7) is 0.845. The second-order valence-corrected chi connectivity index (χ2v) is 6.41. The Kier molecular flexibility index (Phi) is 16.6. The summed E-state index contributed by atoms with van der Waals surface area (Å²) in [6.07, 6.45) is 14.6. The van der Waals surface area contributed by atoms with Gasteiger partial charge in [-0.25, -0.2) is 0 Å². The summed E-state index contributed by atoms with van der Waals surface area (Å²) in [5, 5.41) is 0. The molecule has 120 valence electrons. The predicted octanol–water partition coefficient (Wildman–Crippen LogP) is 4.14. The van der Waals surface area contributed by atoms with Crippen LogP contribution in [0.3, 0.4) is 0 Å². The maximum absolute atomic E-state index is 10.9. The average Bonchev–Trinajstić information content (AvgIpc) is 2.47. The lowest BCUT2D eigenvalue weighted by molar-refractivity contribution is -0.137. The zero-order valence-electron chi connectivity index (χ0n) is 13.2. The molecule has 0 spiro atoms. The van der Waals surface area contributed by atoms with Gasteiger partial charge in [0.05, 0.1) is 12.9 Å². The normalized spacial score (nSPS) is 10.7. The number of nitrogens with two attached hydrogens (primary N) is 1. The molecule has 0 aliphatic heterocycles. The molecule has 0 bridgehead atoms. The molecule has 3 nitrogen and oxygen atoms in total. The highest BCUT2D eigenvalue weighted by atomic mass is 32.2. The molecule has 0 aromatic carbocycles. The van der Waals surface area contributed by atoms with Crippen molar-refractivity contribution < 1.29 is 9.53 Å². The van der Waals surface area contributed by atoms with Crippen molar-refractivity contribution >= 4 is 17.7 Å². The fourth-order valence-corrected chi connectivity index (χ4v) is 2.99. The summed E-state index contributed by atoms with van der Waals surface area (Å²) in [7, 11) is 1.45. The molecular formula is C16H33NO2S. The van der Waals surface area contributed by atoms with E-state index in [1.54, 1.807) is 11.8 Å². The van der Waals surface area contributed by atoms with E-state index in [2.05, 4.69) is 4.74 Å². The van der Waals surface area contributed by atoms with E-state index in [-0.39, 0.29) is 5.97 Å². The molecule has 0 saturated carbocycles. The van der Waals surface area contributed by atoms with Crippen LogP contribution in [-0.2, 0) is 9.53 Å². The standard InChI is InChI=1S/C16H33NO2S/c1-19-16(18)15-20-14-12-10-8-6-4-2-3-5-7-9-11-13-17/h2-15,17H2,1H3. The molecule has 0 amide bonds. The van der Waals surface area contributed by atoms with Crippen LogP contribution in [0.15, 0.2) is 0 Å². The van der Waals surface area contributed by atoms with Gasteiger partial charge in [0.25, 0.3) is 0 Å². The zero-order chi connectivity index (χ0) is 14.9. The first-order valence-corrected chi connectivity index (χ1v) is 9.31. The second kappa shape index (κ2) is 16.8. The van der Waals surface area contributed by atoms with Gasteiger partial charge in [0, 0.05) is 0 Å². The third-order valence-corrected chi connectivity index (χ3v) is 4.46. The van der Waals surface area contributed by atoms with E-state index < -0.39 is 0 Å². The summed E-state index contributed by atoms with van der Waals surface area (Å²) in [6, 6.07) is 0. The molecule has 0 atom stereocenters. The highest BCUT2D eigenvalue weighted by Crippen LogP contribution is 2.12. The lowest BCUT2D eigenvalue weighted by atomic mass is 10.1. The molecule has 0 fully saturated rings. The number of esters is 1. The zero-order valence-corrected chi connectivity index (χ0v) is 14.0. The van der Waals surface area contributed by atoms with Crippen LogP contribution in [0.1, 0.15) is 70.6 Å². The Morgan fingerprint density at radius 3 is 1.75 bits per heavy atom. The van der Waals surface area contributed by atoms with E-state index in [1.807, 2.05) is 0 Å². The van der Waals surface area contributed by atoms with Crippen molar-refractivity contribution in [2.24, 2.45) is 5.73 Å². The molecule has 0 unspecified atom stereocenters. The van der Waals surface area contributed by atoms with E-state index >= 15 is 0 Å². The molecule has 20 heavy (non-hydrogen) atoms. The topological polar surface area (TPSA) is 52.3 Å². The second-order valence-electron chi connectivity index (χ2n) is 5.31. The Hall–Kier alpha value is -0.220. The van der Waals surface area contributed by atoms with E-state index in [0.29, 0.717) is 5.75 Å². The Balaban J connectivity index is 2.97. The first-order chi connectivity index (χ1) is 9.81. The molecule has 0 saturated heterocycles. The van der Waals surface area contributed by atoms with Crippen LogP contribution in [0, 0.1) is 0 Å². The monoisotopic (exact) mass is 303 g/mol. The molecule has 0 radical (unpaired) electrons. The lowest BCUT2D eigenvalue weighted by Gasteiger charge is -2.03. The van der Waals surface area contributed by atoms with Crippen molar-refractivity contribution in [3.05, 3.63) is 0 Å². The van der Waals surface area contributed by atoms with Crippen LogP contribution < -0.4 is 5.73 Å². The summed E-state index contributed by atoms with van der Waals surface area (Å²) in [5.74, 6) is 1.47. The summed E-state index contributed by atoms with van der Waals surface area (Å²) < 4.78 is 4.60. The van der Waals surface area contributed by atoms with Crippen molar-refractivity contribution in [1.82, 2.24) is 0 Å². The predicted molar refractivity (Wildman–Crippen MR) is 89.2 cm³/mol. The Morgan fingerprint density at radius 1 is 0.850 bits per heavy atom. The summed E-state index contributed by atoms with van der Waals surface area (Å²) >= 11 is 1.68. The smallest absolute Gasteiger partial charge is 0.315 e. The maximum atomic E-state index is 10.9. The van der Waals surface area contributed by atoms with Gasteiger partial charge in [-0.2, -0.15) is 11.8 Å². The highest BCUT2D eigenvalue weighted by molar-refractivity contribution is 7.99. The SMILES string of the molecule is COC(=O)CSCCCCCCCCCCCCCN. The van der Waals surface area contributed by atoms with E-state index in [0.717, 1.165) is 12.3 Å². The van der Waals surface area contributed by atoms with Crippen LogP contribution in [0.4, 0.5) is 0 Å². The maximum Gasteiger partial charge on any atom is 0.315 e. The molecule has 0 aromatic heterocycles. The summed E-state index contributed by atoms with van der Waals surface area (Å²) in [4.78, 5) is 10.9. The molecule has 2 N–H and O–H groups in total. The number of carbonyl (C=O) groups excluding carboxylic acids is 1. The third-order valence-electron chi connectivity index (χ3n) is 3.44. The number of unbranched alkanes of at least 4 members (excludes halogenated alkanes) is 10. The van der Waals surface area contributed by atoms with Crippen molar-refractivity contribution in [3.8, 4) is 0 Å². The van der Waals surface area contributed by atoms with Crippen molar-refractivity contribution in [2.75, 3.05) is 25.2 Å². The molecule has 0 aromatic rings. The molecule has 0 aliphatic rings. The van der Waals surface area contributed by atoms with Crippen LogP contribution in [0.5, 0.6) is 0 Å². The fourth-order valence-electron chi connectivity index (χ4n) is 2.15. The van der Waals surface area contributed by atoms with Gasteiger partial charge in [-0.3, -0.25) is 4.79 Å². The number of ether oxygens (including phenoxy) is 1. The van der Waals surface area contributed by atoms with E-state index in [4.69, 9.17) is 5.73 Å². The number of thioether (sulfide) groups is 1. The largest absolute Gasteiger partial charge is 0.468 e. The van der Waals surface area contributed by atoms with Gasteiger partial charge in [-0.05, 0) is 25.1 Å². The van der Waals surface area contributed by atoms with Gasteiger partial charge in [0.1, 0.15) is 0 Å². The number of hydrogen-bond donors (Lipinski definition) is 1. The average molecular weight is 304 g/mol. The molecular weight excluding hydrogens is 270 g/mol. The summed E-state index contributed by atoms with van der Waals surface area (Å²) in [5.41, 5.74) is 5.47. The fraction of sp³-hybridized carbons (Fsp3) is 0.938. The van der Waals surface area contributed by atoms with E-state index in [1.165, 1.54) is 77.7 Å². The minimum atomic E-state index is -0.110. The third kappa shape index (κ3) is 15.8. The number of methoxy groups -OCH3 is 1. The number of rotatable bonds is 15. The number of carbonyl (C=O) groups is 1. The molecule has 0 aliphatic carbocycles. The van der Waals surface area contributed by atoms with Crippen molar-refractivity contribution in [1.29, 1.82) is 0 Å². The van der Waals surface area contributed by atoms with Gasteiger partial charge in [0.15, 0.2) is 0 Å². The Bertz CT molecular complexity index is 213. The molecule has 0 heterocycles. The molecule has 4 heteroatoms. The van der Waals surface area contributed by atoms with Crippen molar-refractivity contribution in [2.45, 2.75) is 70.6 Å². The first-order valence-electron chi connectivity index (χ1n) is 8.16. The van der Waals surface area contributed by atoms with E-state index in [9.17, 15) is 4.79 Å². The van der Waals surface area contributed by atoms with Gasteiger partial charge >= 0.3 is 5.97 Å². The van der Waals surface area contributed by atoms with Gasteiger partial charge in [0.2, 0.25) is 0 Å². The Labute approximate surface area is 129 Å². The van der Waals surface area contributed by atoms with Crippen LogP contribution in [0.25, 0.3) is 0 Å². The quantitative estimate of drug-likeness (QED) is 0.365. The highest BCUT2D eigenvalue weighted by Gasteiger charge is 1.99. The molecule has 0 rings (SSSR count). The van der Waals surface area contributed by atoms with Gasteiger partial charge < -0.3 is 10.5 Å². The first kappa shape index (κ1) is 19.8. The minimum absolute atomic E-state index is 0.110. The van der Waals surface area contributed by atoms with Crippen LogP contribution in [-0.4, -0.2) is 31.1 Å². The number of hydrogen-bond acceptors (Lipinski definition) is 4. The van der Waals surface area contributed by atoms with Gasteiger partial charge in [-0.15, -0.1) is 0 Å². The Morgan fingerprint density at radius 2 is 1.30 bits per heavy atom. The van der Waals surface area contributed by atoms with Crippen LogP contribution >= 0.6 is 11.8 Å².